The summed E-state index contributed by atoms with van der Waals surface area (Å²) in [5, 5.41) is 4.42. The van der Waals surface area contributed by atoms with Gasteiger partial charge in [-0.15, -0.1) is 0 Å². The molecule has 0 saturated carbocycles. The van der Waals surface area contributed by atoms with Gasteiger partial charge >= 0.3 is 0 Å². The highest BCUT2D eigenvalue weighted by Crippen LogP contribution is 2.35. The number of pyridine rings is 3. The predicted octanol–water partition coefficient (Wildman–Crippen LogP) is 13.5. The van der Waals surface area contributed by atoms with Crippen LogP contribution in [0, 0.1) is 6.92 Å². The van der Waals surface area contributed by atoms with Crippen molar-refractivity contribution in [2.45, 2.75) is 6.92 Å². The van der Waals surface area contributed by atoms with E-state index in [1.165, 1.54) is 0 Å². The molecule has 0 saturated heterocycles. The normalized spacial score (nSPS) is 11.4. The molecule has 0 amide bonds. The van der Waals surface area contributed by atoms with E-state index in [9.17, 15) is 0 Å². The maximum absolute atomic E-state index is 5.27. The molecule has 4 heterocycles. The smallest absolute Gasteiger partial charge is 0.164 e. The lowest BCUT2D eigenvalue weighted by Gasteiger charge is -2.12. The third-order valence-electron chi connectivity index (χ3n) is 11.3. The molecule has 0 atom stereocenters. The number of hydrogen-bond acceptors (Lipinski definition) is 6. The van der Waals surface area contributed by atoms with Crippen LogP contribution in [-0.4, -0.2) is 29.9 Å². The molecule has 7 aromatic carbocycles. The van der Waals surface area contributed by atoms with Gasteiger partial charge in [0.15, 0.2) is 17.5 Å². The van der Waals surface area contributed by atoms with Gasteiger partial charge in [0, 0.05) is 61.9 Å². The Hall–Kier alpha value is -8.22. The molecular weight excluding hydrogens is 745 g/mol. The van der Waals surface area contributed by atoms with Crippen molar-refractivity contribution >= 4 is 32.6 Å². The molecule has 0 aliphatic carbocycles. The van der Waals surface area contributed by atoms with Gasteiger partial charge in [-0.2, -0.15) is 0 Å². The van der Waals surface area contributed by atoms with Crippen LogP contribution in [0.4, 0.5) is 0 Å². The third-order valence-corrected chi connectivity index (χ3v) is 11.3. The van der Waals surface area contributed by atoms with Gasteiger partial charge in [0.05, 0.1) is 22.4 Å². The second-order valence-electron chi connectivity index (χ2n) is 15.2. The lowest BCUT2D eigenvalue weighted by atomic mass is 9.98. The zero-order valence-corrected chi connectivity index (χ0v) is 33.2. The highest BCUT2D eigenvalue weighted by molar-refractivity contribution is 6.05. The largest absolute Gasteiger partial charge is 0.263 e. The van der Waals surface area contributed by atoms with E-state index in [4.69, 9.17) is 24.9 Å². The van der Waals surface area contributed by atoms with Crippen molar-refractivity contribution in [3.63, 3.8) is 0 Å². The fourth-order valence-electron chi connectivity index (χ4n) is 8.15. The van der Waals surface area contributed by atoms with Crippen molar-refractivity contribution in [3.8, 4) is 78.9 Å². The molecule has 6 nitrogen and oxygen atoms in total. The van der Waals surface area contributed by atoms with Gasteiger partial charge in [0.2, 0.25) is 0 Å². The SMILES string of the molecule is Cc1cc(-c2cccc(-c3ccc(-c4nc(-c5ccccc5)nc(-c5cccc(-c6cncc7ccccc67)c5)n4)cc3)c2)nc2c1ccc1ccc(-c3ccccc3)nc12. The van der Waals surface area contributed by atoms with Crippen LogP contribution >= 0.6 is 0 Å². The van der Waals surface area contributed by atoms with Crippen LogP contribution in [0.5, 0.6) is 0 Å². The van der Waals surface area contributed by atoms with E-state index >= 15 is 0 Å². The Labute approximate surface area is 353 Å². The van der Waals surface area contributed by atoms with E-state index in [-0.39, 0.29) is 0 Å². The summed E-state index contributed by atoms with van der Waals surface area (Å²) in [7, 11) is 0. The first-order valence-corrected chi connectivity index (χ1v) is 20.3. The van der Waals surface area contributed by atoms with Crippen LogP contribution in [-0.2, 0) is 0 Å². The van der Waals surface area contributed by atoms with Crippen LogP contribution < -0.4 is 0 Å². The molecule has 0 aliphatic rings. The van der Waals surface area contributed by atoms with Crippen molar-refractivity contribution < 1.29 is 0 Å². The third kappa shape index (κ3) is 6.86. The van der Waals surface area contributed by atoms with Crippen molar-refractivity contribution in [2.24, 2.45) is 0 Å². The van der Waals surface area contributed by atoms with E-state index in [2.05, 4.69) is 145 Å². The molecule has 6 heteroatoms. The minimum Gasteiger partial charge on any atom is -0.263 e. The molecule has 0 bridgehead atoms. The number of rotatable bonds is 7. The lowest BCUT2D eigenvalue weighted by molar-refractivity contribution is 1.07. The first-order valence-electron chi connectivity index (χ1n) is 20.3. The molecule has 0 spiro atoms. The van der Waals surface area contributed by atoms with Crippen molar-refractivity contribution in [3.05, 3.63) is 206 Å². The minimum absolute atomic E-state index is 0.605. The Morgan fingerprint density at radius 3 is 1.67 bits per heavy atom. The Balaban J connectivity index is 0.949. The van der Waals surface area contributed by atoms with Crippen LogP contribution in [0.3, 0.4) is 0 Å². The summed E-state index contributed by atoms with van der Waals surface area (Å²) in [5.74, 6) is 1.83. The molecule has 11 rings (SSSR count). The number of hydrogen-bond donors (Lipinski definition) is 0. The number of benzene rings is 7. The molecular formula is C55H36N6. The number of nitrogens with zero attached hydrogens (tertiary/aromatic N) is 6. The summed E-state index contributed by atoms with van der Waals surface area (Å²) in [6, 6.07) is 64.8. The zero-order valence-electron chi connectivity index (χ0n) is 33.2. The second kappa shape index (κ2) is 15.2. The first-order chi connectivity index (χ1) is 30.1. The summed E-state index contributed by atoms with van der Waals surface area (Å²) < 4.78 is 0. The van der Waals surface area contributed by atoms with Crippen molar-refractivity contribution in [1.29, 1.82) is 0 Å². The van der Waals surface area contributed by atoms with Gasteiger partial charge in [-0.3, -0.25) is 4.98 Å². The maximum atomic E-state index is 5.27. The van der Waals surface area contributed by atoms with Gasteiger partial charge in [-0.05, 0) is 58.8 Å². The minimum atomic E-state index is 0.605. The Kier molecular flexibility index (Phi) is 8.94. The molecule has 11 aromatic rings. The quantitative estimate of drug-likeness (QED) is 0.150. The van der Waals surface area contributed by atoms with Crippen molar-refractivity contribution in [2.75, 3.05) is 0 Å². The maximum Gasteiger partial charge on any atom is 0.164 e. The van der Waals surface area contributed by atoms with Gasteiger partial charge < -0.3 is 0 Å². The van der Waals surface area contributed by atoms with Crippen LogP contribution in [0.1, 0.15) is 5.56 Å². The molecule has 4 aromatic heterocycles. The standard InChI is InChI=1S/C55H36N6/c1-35-30-50(58-52-46(35)28-26-38-27-29-49(57-51(38)52)37-12-4-2-5-13-37)43-19-10-17-41(31-43)36-22-24-40(25-23-36)54-59-53(39-14-6-3-7-15-39)60-55(61-54)44-20-11-18-42(32-44)48-34-56-33-45-16-8-9-21-47(45)48/h2-34H,1H3. The number of fused-ring (bicyclic) bond motifs is 4. The first kappa shape index (κ1) is 35.9. The average molecular weight is 781 g/mol. The molecule has 0 unspecified atom stereocenters. The Bertz CT molecular complexity index is 3420. The molecule has 0 radical (unpaired) electrons. The Morgan fingerprint density at radius 2 is 0.885 bits per heavy atom. The molecule has 0 fully saturated rings. The molecule has 61 heavy (non-hydrogen) atoms. The molecule has 0 aliphatic heterocycles. The summed E-state index contributed by atoms with van der Waals surface area (Å²) >= 11 is 0. The van der Waals surface area contributed by atoms with E-state index in [0.717, 1.165) is 99.6 Å². The zero-order chi connectivity index (χ0) is 40.7. The van der Waals surface area contributed by atoms with Crippen LogP contribution in [0.25, 0.3) is 112 Å². The topological polar surface area (TPSA) is 77.3 Å². The van der Waals surface area contributed by atoms with Gasteiger partial charge in [0.1, 0.15) is 0 Å². The summed E-state index contributed by atoms with van der Waals surface area (Å²) in [6.07, 6.45) is 3.82. The predicted molar refractivity (Wildman–Crippen MR) is 249 cm³/mol. The summed E-state index contributed by atoms with van der Waals surface area (Å²) in [5.41, 5.74) is 13.9. The molecule has 0 N–H and O–H groups in total. The van der Waals surface area contributed by atoms with Crippen LogP contribution in [0.15, 0.2) is 200 Å². The van der Waals surface area contributed by atoms with E-state index in [1.54, 1.807) is 0 Å². The van der Waals surface area contributed by atoms with Crippen LogP contribution in [0.2, 0.25) is 0 Å². The van der Waals surface area contributed by atoms with Gasteiger partial charge in [-0.25, -0.2) is 24.9 Å². The van der Waals surface area contributed by atoms with Crippen molar-refractivity contribution in [1.82, 2.24) is 29.9 Å². The summed E-state index contributed by atoms with van der Waals surface area (Å²) in [6.45, 7) is 2.15. The second-order valence-corrected chi connectivity index (χ2v) is 15.2. The fraction of sp³-hybridized carbons (Fsp3) is 0.0182. The monoisotopic (exact) mass is 780 g/mol. The number of aryl methyl sites for hydroxylation is 1. The fourth-order valence-corrected chi connectivity index (χ4v) is 8.15. The van der Waals surface area contributed by atoms with Gasteiger partial charge in [-0.1, -0.05) is 164 Å². The number of aromatic nitrogens is 6. The van der Waals surface area contributed by atoms with Gasteiger partial charge in [0.25, 0.3) is 0 Å². The highest BCUT2D eigenvalue weighted by Gasteiger charge is 2.16. The van der Waals surface area contributed by atoms with E-state index < -0.39 is 0 Å². The highest BCUT2D eigenvalue weighted by atomic mass is 15.0. The lowest BCUT2D eigenvalue weighted by Crippen LogP contribution is -2.00. The van der Waals surface area contributed by atoms with E-state index in [1.807, 2.05) is 67.0 Å². The van der Waals surface area contributed by atoms with E-state index in [0.29, 0.717) is 17.5 Å². The molecule has 286 valence electrons. The Morgan fingerprint density at radius 1 is 0.311 bits per heavy atom. The average Bonchev–Trinajstić information content (AvgIpc) is 3.34. The summed E-state index contributed by atoms with van der Waals surface area (Å²) in [4.78, 5) is 30.0.